The molecule has 0 aromatic rings. The molecule has 1 aliphatic heterocycles. The van der Waals surface area contributed by atoms with E-state index in [1.165, 1.54) is 6.42 Å². The summed E-state index contributed by atoms with van der Waals surface area (Å²) < 4.78 is 11.0. The van der Waals surface area contributed by atoms with Gasteiger partial charge in [-0.05, 0) is 26.9 Å². The number of nitrogens with zero attached hydrogens (tertiary/aromatic N) is 1. The molecule has 0 unspecified atom stereocenters. The minimum atomic E-state index is -0.317. The van der Waals surface area contributed by atoms with Crippen LogP contribution in [0, 0.1) is 0 Å². The van der Waals surface area contributed by atoms with Gasteiger partial charge in [-0.25, -0.2) is 0 Å². The molecule has 13 heavy (non-hydrogen) atoms. The maximum absolute atomic E-state index is 5.52. The van der Waals surface area contributed by atoms with Gasteiger partial charge >= 0.3 is 0 Å². The third-order valence-corrected chi connectivity index (χ3v) is 2.45. The standard InChI is InChI=1S/C10H21NO2/c1-4-6-11(3)7-5-10(2)12-8-9-13-10/h4-9H2,1-3H3. The summed E-state index contributed by atoms with van der Waals surface area (Å²) in [6.07, 6.45) is 2.17. The Balaban J connectivity index is 2.17. The molecule has 0 aromatic heterocycles. The van der Waals surface area contributed by atoms with Crippen LogP contribution < -0.4 is 0 Å². The normalized spacial score (nSPS) is 21.2. The van der Waals surface area contributed by atoms with Crippen LogP contribution in [0.15, 0.2) is 0 Å². The Morgan fingerprint density at radius 2 is 1.85 bits per heavy atom. The molecule has 1 rings (SSSR count). The molecule has 0 radical (unpaired) electrons. The monoisotopic (exact) mass is 187 g/mol. The number of hydrogen-bond acceptors (Lipinski definition) is 3. The lowest BCUT2D eigenvalue weighted by atomic mass is 10.2. The van der Waals surface area contributed by atoms with Crippen LogP contribution in [0.25, 0.3) is 0 Å². The third-order valence-electron chi connectivity index (χ3n) is 2.45. The van der Waals surface area contributed by atoms with Crippen molar-refractivity contribution in [1.29, 1.82) is 0 Å². The van der Waals surface area contributed by atoms with Crippen LogP contribution in [-0.2, 0) is 9.47 Å². The summed E-state index contributed by atoms with van der Waals surface area (Å²) in [4.78, 5) is 2.32. The first kappa shape index (κ1) is 11.0. The predicted octanol–water partition coefficient (Wildman–Crippen LogP) is 1.48. The van der Waals surface area contributed by atoms with Crippen LogP contribution in [-0.4, -0.2) is 44.0 Å². The first-order valence-electron chi connectivity index (χ1n) is 5.13. The molecule has 1 aliphatic rings. The zero-order valence-corrected chi connectivity index (χ0v) is 9.01. The van der Waals surface area contributed by atoms with Crippen LogP contribution in [0.4, 0.5) is 0 Å². The number of hydrogen-bond donors (Lipinski definition) is 0. The summed E-state index contributed by atoms with van der Waals surface area (Å²) >= 11 is 0. The van der Waals surface area contributed by atoms with Crippen molar-refractivity contribution in [2.45, 2.75) is 32.5 Å². The Kier molecular flexibility index (Phi) is 4.16. The number of ether oxygens (including phenoxy) is 2. The van der Waals surface area contributed by atoms with Gasteiger partial charge in [0.1, 0.15) is 0 Å². The average molecular weight is 187 g/mol. The lowest BCUT2D eigenvalue weighted by Gasteiger charge is -2.25. The van der Waals surface area contributed by atoms with Gasteiger partial charge in [0, 0.05) is 13.0 Å². The fourth-order valence-electron chi connectivity index (χ4n) is 1.59. The summed E-state index contributed by atoms with van der Waals surface area (Å²) in [5, 5.41) is 0. The molecular weight excluding hydrogens is 166 g/mol. The molecule has 0 saturated carbocycles. The quantitative estimate of drug-likeness (QED) is 0.650. The second-order valence-corrected chi connectivity index (χ2v) is 3.88. The zero-order valence-electron chi connectivity index (χ0n) is 9.01. The summed E-state index contributed by atoms with van der Waals surface area (Å²) in [7, 11) is 2.14. The largest absolute Gasteiger partial charge is 0.348 e. The second kappa shape index (κ2) is 4.94. The van der Waals surface area contributed by atoms with E-state index in [2.05, 4.69) is 18.9 Å². The van der Waals surface area contributed by atoms with Crippen LogP contribution in [0.3, 0.4) is 0 Å². The summed E-state index contributed by atoms with van der Waals surface area (Å²) in [5.74, 6) is -0.317. The molecule has 0 spiro atoms. The summed E-state index contributed by atoms with van der Waals surface area (Å²) in [6, 6.07) is 0. The highest BCUT2D eigenvalue weighted by Crippen LogP contribution is 2.22. The van der Waals surface area contributed by atoms with Gasteiger partial charge in [-0.1, -0.05) is 6.92 Å². The predicted molar refractivity (Wildman–Crippen MR) is 52.7 cm³/mol. The van der Waals surface area contributed by atoms with E-state index >= 15 is 0 Å². The van der Waals surface area contributed by atoms with E-state index in [1.807, 2.05) is 6.92 Å². The van der Waals surface area contributed by atoms with Crippen LogP contribution in [0.2, 0.25) is 0 Å². The number of rotatable bonds is 5. The molecule has 78 valence electrons. The Morgan fingerprint density at radius 3 is 2.38 bits per heavy atom. The Morgan fingerprint density at radius 1 is 1.23 bits per heavy atom. The lowest BCUT2D eigenvalue weighted by Crippen LogP contribution is -2.32. The van der Waals surface area contributed by atoms with Crippen molar-refractivity contribution in [3.63, 3.8) is 0 Å². The lowest BCUT2D eigenvalue weighted by molar-refractivity contribution is -0.148. The van der Waals surface area contributed by atoms with Gasteiger partial charge in [0.15, 0.2) is 5.79 Å². The minimum absolute atomic E-state index is 0.317. The van der Waals surface area contributed by atoms with Crippen molar-refractivity contribution in [2.24, 2.45) is 0 Å². The van der Waals surface area contributed by atoms with E-state index in [-0.39, 0.29) is 5.79 Å². The van der Waals surface area contributed by atoms with E-state index in [4.69, 9.17) is 9.47 Å². The van der Waals surface area contributed by atoms with Crippen molar-refractivity contribution >= 4 is 0 Å². The van der Waals surface area contributed by atoms with Gasteiger partial charge in [0.25, 0.3) is 0 Å². The molecule has 0 aliphatic carbocycles. The van der Waals surface area contributed by atoms with Crippen molar-refractivity contribution in [3.05, 3.63) is 0 Å². The summed E-state index contributed by atoms with van der Waals surface area (Å²) in [5.41, 5.74) is 0. The fraction of sp³-hybridized carbons (Fsp3) is 1.00. The molecule has 1 saturated heterocycles. The maximum Gasteiger partial charge on any atom is 0.166 e. The topological polar surface area (TPSA) is 21.7 Å². The molecule has 1 fully saturated rings. The van der Waals surface area contributed by atoms with E-state index in [0.717, 1.165) is 32.7 Å². The van der Waals surface area contributed by atoms with Gasteiger partial charge in [-0.2, -0.15) is 0 Å². The van der Waals surface area contributed by atoms with Gasteiger partial charge in [-0.15, -0.1) is 0 Å². The fourth-order valence-corrected chi connectivity index (χ4v) is 1.59. The molecule has 0 N–H and O–H groups in total. The van der Waals surface area contributed by atoms with Gasteiger partial charge in [-0.3, -0.25) is 0 Å². The molecule has 0 bridgehead atoms. The van der Waals surface area contributed by atoms with Gasteiger partial charge < -0.3 is 14.4 Å². The molecule has 0 atom stereocenters. The summed E-state index contributed by atoms with van der Waals surface area (Å²) in [6.45, 7) is 7.91. The first-order chi connectivity index (χ1) is 6.16. The Labute approximate surface area is 81.0 Å². The molecule has 3 heteroatoms. The average Bonchev–Trinajstić information content (AvgIpc) is 2.51. The van der Waals surface area contributed by atoms with Crippen molar-refractivity contribution < 1.29 is 9.47 Å². The van der Waals surface area contributed by atoms with Crippen molar-refractivity contribution in [3.8, 4) is 0 Å². The third kappa shape index (κ3) is 3.63. The van der Waals surface area contributed by atoms with E-state index < -0.39 is 0 Å². The second-order valence-electron chi connectivity index (χ2n) is 3.88. The highest BCUT2D eigenvalue weighted by Gasteiger charge is 2.30. The zero-order chi connectivity index (χ0) is 9.73. The van der Waals surface area contributed by atoms with E-state index in [9.17, 15) is 0 Å². The SMILES string of the molecule is CCCN(C)CCC1(C)OCCO1. The van der Waals surface area contributed by atoms with E-state index in [0.29, 0.717) is 0 Å². The molecular formula is C10H21NO2. The highest BCUT2D eigenvalue weighted by atomic mass is 16.7. The van der Waals surface area contributed by atoms with Crippen LogP contribution >= 0.6 is 0 Å². The Hall–Kier alpha value is -0.120. The molecule has 3 nitrogen and oxygen atoms in total. The van der Waals surface area contributed by atoms with Crippen LogP contribution in [0.5, 0.6) is 0 Å². The minimum Gasteiger partial charge on any atom is -0.348 e. The smallest absolute Gasteiger partial charge is 0.166 e. The van der Waals surface area contributed by atoms with Crippen molar-refractivity contribution in [2.75, 3.05) is 33.4 Å². The molecule has 0 aromatic carbocycles. The van der Waals surface area contributed by atoms with E-state index in [1.54, 1.807) is 0 Å². The first-order valence-corrected chi connectivity index (χ1v) is 5.13. The molecule has 1 heterocycles. The Bertz CT molecular complexity index is 144. The maximum atomic E-state index is 5.52. The highest BCUT2D eigenvalue weighted by molar-refractivity contribution is 4.69. The van der Waals surface area contributed by atoms with Crippen LogP contribution in [0.1, 0.15) is 26.7 Å². The molecule has 0 amide bonds. The van der Waals surface area contributed by atoms with Gasteiger partial charge in [0.05, 0.1) is 13.2 Å². The van der Waals surface area contributed by atoms with Gasteiger partial charge in [0.2, 0.25) is 0 Å². The van der Waals surface area contributed by atoms with Crippen molar-refractivity contribution in [1.82, 2.24) is 4.90 Å².